The zero-order valence-electron chi connectivity index (χ0n) is 11.5. The minimum Gasteiger partial charge on any atom is -0.454 e. The van der Waals surface area contributed by atoms with E-state index in [2.05, 4.69) is 39.3 Å². The highest BCUT2D eigenvalue weighted by atomic mass is 79.9. The van der Waals surface area contributed by atoms with Gasteiger partial charge in [-0.25, -0.2) is 0 Å². The van der Waals surface area contributed by atoms with E-state index in [-0.39, 0.29) is 6.10 Å². The van der Waals surface area contributed by atoms with Crippen LogP contribution in [0, 0.1) is 0 Å². The molecule has 1 aromatic carbocycles. The smallest absolute Gasteiger partial charge is 0.231 e. The van der Waals surface area contributed by atoms with Gasteiger partial charge in [-0.15, -0.1) is 0 Å². The first-order valence-electron chi connectivity index (χ1n) is 6.81. The second kappa shape index (κ2) is 6.30. The van der Waals surface area contributed by atoms with E-state index in [4.69, 9.17) is 14.2 Å². The lowest BCUT2D eigenvalue weighted by Crippen LogP contribution is -2.44. The molecule has 2 aliphatic heterocycles. The van der Waals surface area contributed by atoms with Crippen LogP contribution in [0.4, 0.5) is 0 Å². The maximum Gasteiger partial charge on any atom is 0.231 e. The first-order valence-corrected chi connectivity index (χ1v) is 7.60. The highest BCUT2D eigenvalue weighted by Crippen LogP contribution is 2.39. The highest BCUT2D eigenvalue weighted by molar-refractivity contribution is 9.10. The van der Waals surface area contributed by atoms with Crippen LogP contribution in [0.15, 0.2) is 16.6 Å². The van der Waals surface area contributed by atoms with Crippen LogP contribution < -0.4 is 14.8 Å². The third-order valence-corrected chi connectivity index (χ3v) is 4.12. The molecule has 0 aromatic heterocycles. The molecular weight excluding hydrogens is 324 g/mol. The summed E-state index contributed by atoms with van der Waals surface area (Å²) < 4.78 is 17.5. The van der Waals surface area contributed by atoms with Gasteiger partial charge in [0.1, 0.15) is 0 Å². The number of fused-ring (bicyclic) bond motifs is 1. The molecule has 1 N–H and O–H groups in total. The van der Waals surface area contributed by atoms with E-state index in [1.165, 1.54) is 5.56 Å². The Morgan fingerprint density at radius 2 is 2.30 bits per heavy atom. The monoisotopic (exact) mass is 342 g/mol. The van der Waals surface area contributed by atoms with E-state index in [1.54, 1.807) is 0 Å². The lowest BCUT2D eigenvalue weighted by molar-refractivity contribution is -0.0182. The van der Waals surface area contributed by atoms with Gasteiger partial charge in [0.25, 0.3) is 0 Å². The maximum atomic E-state index is 5.73. The quantitative estimate of drug-likeness (QED) is 0.900. The molecular formula is C14H19BrN2O3. The van der Waals surface area contributed by atoms with Crippen LogP contribution in [0.3, 0.4) is 0 Å². The molecule has 0 aliphatic carbocycles. The van der Waals surface area contributed by atoms with Gasteiger partial charge in [-0.1, -0.05) is 0 Å². The molecule has 0 radical (unpaired) electrons. The number of rotatable bonds is 4. The Morgan fingerprint density at radius 3 is 3.15 bits per heavy atom. The Balaban J connectivity index is 1.52. The number of nitrogens with zero attached hydrogens (tertiary/aromatic N) is 1. The molecule has 1 saturated heterocycles. The average Bonchev–Trinajstić information content (AvgIpc) is 2.88. The lowest BCUT2D eigenvalue weighted by atomic mass is 10.2. The van der Waals surface area contributed by atoms with E-state index in [1.807, 2.05) is 6.07 Å². The summed E-state index contributed by atoms with van der Waals surface area (Å²) >= 11 is 3.51. The molecule has 0 saturated carbocycles. The van der Waals surface area contributed by atoms with E-state index in [0.29, 0.717) is 6.79 Å². The molecule has 1 fully saturated rings. The van der Waals surface area contributed by atoms with Crippen molar-refractivity contribution in [3.05, 3.63) is 22.2 Å². The van der Waals surface area contributed by atoms with Crippen molar-refractivity contribution in [2.75, 3.05) is 40.1 Å². The van der Waals surface area contributed by atoms with Gasteiger partial charge >= 0.3 is 0 Å². The van der Waals surface area contributed by atoms with Gasteiger partial charge in [0.05, 0.1) is 17.2 Å². The van der Waals surface area contributed by atoms with Crippen LogP contribution in [0.5, 0.6) is 11.5 Å². The SMILES string of the molecule is CN1CCO[C@@H](CNCc2cc(Br)c3c(c2)OCO3)C1. The van der Waals surface area contributed by atoms with Gasteiger partial charge in [0, 0.05) is 26.2 Å². The molecule has 110 valence electrons. The fourth-order valence-corrected chi connectivity index (χ4v) is 3.09. The van der Waals surface area contributed by atoms with Crippen molar-refractivity contribution in [2.45, 2.75) is 12.6 Å². The second-order valence-corrected chi connectivity index (χ2v) is 6.05. The van der Waals surface area contributed by atoms with Crippen LogP contribution in [0.2, 0.25) is 0 Å². The Bertz CT molecular complexity index is 484. The van der Waals surface area contributed by atoms with Crippen LogP contribution in [-0.2, 0) is 11.3 Å². The van der Waals surface area contributed by atoms with Gasteiger partial charge in [-0.2, -0.15) is 0 Å². The summed E-state index contributed by atoms with van der Waals surface area (Å²) in [4.78, 5) is 2.30. The van der Waals surface area contributed by atoms with Crippen molar-refractivity contribution in [3.63, 3.8) is 0 Å². The maximum absolute atomic E-state index is 5.73. The molecule has 5 nitrogen and oxygen atoms in total. The van der Waals surface area contributed by atoms with Crippen LogP contribution in [0.1, 0.15) is 5.56 Å². The average molecular weight is 343 g/mol. The number of halogens is 1. The predicted molar refractivity (Wildman–Crippen MR) is 79.2 cm³/mol. The number of benzene rings is 1. The van der Waals surface area contributed by atoms with Crippen molar-refractivity contribution in [3.8, 4) is 11.5 Å². The number of hydrogen-bond donors (Lipinski definition) is 1. The summed E-state index contributed by atoms with van der Waals surface area (Å²) in [5.41, 5.74) is 1.17. The standard InChI is InChI=1S/C14H19BrN2O3/c1-17-2-3-18-11(8-17)7-16-6-10-4-12(15)14-13(5-10)19-9-20-14/h4-5,11,16H,2-3,6-9H2,1H3/t11-/m0/s1. The van der Waals surface area contributed by atoms with Crippen LogP contribution in [0.25, 0.3) is 0 Å². The van der Waals surface area contributed by atoms with E-state index in [9.17, 15) is 0 Å². The third kappa shape index (κ3) is 3.25. The molecule has 0 spiro atoms. The first-order chi connectivity index (χ1) is 9.72. The fourth-order valence-electron chi connectivity index (χ4n) is 2.49. The van der Waals surface area contributed by atoms with Gasteiger partial charge in [-0.05, 0) is 40.7 Å². The zero-order chi connectivity index (χ0) is 13.9. The molecule has 1 atom stereocenters. The Morgan fingerprint density at radius 1 is 1.40 bits per heavy atom. The summed E-state index contributed by atoms with van der Waals surface area (Å²) in [6.45, 7) is 4.77. The van der Waals surface area contributed by atoms with Crippen molar-refractivity contribution < 1.29 is 14.2 Å². The molecule has 20 heavy (non-hydrogen) atoms. The number of hydrogen-bond acceptors (Lipinski definition) is 5. The Labute approximate surface area is 127 Å². The molecule has 1 aromatic rings. The summed E-state index contributed by atoms with van der Waals surface area (Å²) in [7, 11) is 2.13. The Kier molecular flexibility index (Phi) is 4.45. The van der Waals surface area contributed by atoms with Gasteiger partial charge in [0.2, 0.25) is 6.79 Å². The molecule has 2 heterocycles. The molecule has 0 bridgehead atoms. The van der Waals surface area contributed by atoms with Gasteiger partial charge < -0.3 is 24.4 Å². The lowest BCUT2D eigenvalue weighted by Gasteiger charge is -2.30. The normalized spacial score (nSPS) is 22.2. The summed E-state index contributed by atoms with van der Waals surface area (Å²) in [5.74, 6) is 1.61. The summed E-state index contributed by atoms with van der Waals surface area (Å²) in [6.07, 6.45) is 0.270. The molecule has 3 rings (SSSR count). The third-order valence-electron chi connectivity index (χ3n) is 3.53. The minimum absolute atomic E-state index is 0.270. The summed E-state index contributed by atoms with van der Waals surface area (Å²) in [6, 6.07) is 4.09. The molecule has 2 aliphatic rings. The van der Waals surface area contributed by atoms with E-state index >= 15 is 0 Å². The van der Waals surface area contributed by atoms with E-state index in [0.717, 1.165) is 48.8 Å². The van der Waals surface area contributed by atoms with Crippen LogP contribution >= 0.6 is 15.9 Å². The molecule has 0 amide bonds. The van der Waals surface area contributed by atoms with Crippen molar-refractivity contribution in [1.82, 2.24) is 10.2 Å². The largest absolute Gasteiger partial charge is 0.454 e. The van der Waals surface area contributed by atoms with E-state index < -0.39 is 0 Å². The summed E-state index contributed by atoms with van der Waals surface area (Å²) in [5, 5.41) is 3.44. The topological polar surface area (TPSA) is 43.0 Å². The molecule has 6 heteroatoms. The predicted octanol–water partition coefficient (Wildman–Crippen LogP) is 1.60. The number of morpholine rings is 1. The first kappa shape index (κ1) is 14.1. The fraction of sp³-hybridized carbons (Fsp3) is 0.571. The minimum atomic E-state index is 0.270. The highest BCUT2D eigenvalue weighted by Gasteiger charge is 2.19. The molecule has 0 unspecified atom stereocenters. The van der Waals surface area contributed by atoms with Gasteiger partial charge in [-0.3, -0.25) is 0 Å². The second-order valence-electron chi connectivity index (χ2n) is 5.20. The van der Waals surface area contributed by atoms with Gasteiger partial charge in [0.15, 0.2) is 11.5 Å². The number of likely N-dealkylation sites (N-methyl/N-ethyl adjacent to an activating group) is 1. The van der Waals surface area contributed by atoms with Crippen molar-refractivity contribution in [2.24, 2.45) is 0 Å². The van der Waals surface area contributed by atoms with Crippen molar-refractivity contribution in [1.29, 1.82) is 0 Å². The van der Waals surface area contributed by atoms with Crippen LogP contribution in [-0.4, -0.2) is 51.1 Å². The number of nitrogens with one attached hydrogen (secondary N) is 1. The van der Waals surface area contributed by atoms with Crippen molar-refractivity contribution >= 4 is 15.9 Å². The number of ether oxygens (including phenoxy) is 3. The Hall–Kier alpha value is -0.820. The zero-order valence-corrected chi connectivity index (χ0v) is 13.1.